The van der Waals surface area contributed by atoms with E-state index in [1.54, 1.807) is 0 Å². The molecule has 114 valence electrons. The van der Waals surface area contributed by atoms with E-state index in [0.717, 1.165) is 22.9 Å². The van der Waals surface area contributed by atoms with Crippen molar-refractivity contribution in [1.82, 2.24) is 10.3 Å². The van der Waals surface area contributed by atoms with Gasteiger partial charge in [-0.25, -0.2) is 0 Å². The van der Waals surface area contributed by atoms with Crippen LogP contribution in [0.25, 0.3) is 10.9 Å². The van der Waals surface area contributed by atoms with Crippen molar-refractivity contribution in [3.63, 3.8) is 0 Å². The van der Waals surface area contributed by atoms with E-state index in [0.29, 0.717) is 31.2 Å². The maximum absolute atomic E-state index is 11.9. The molecule has 0 aliphatic heterocycles. The van der Waals surface area contributed by atoms with Crippen LogP contribution in [0.4, 0.5) is 0 Å². The molecule has 0 atom stereocenters. The van der Waals surface area contributed by atoms with Crippen molar-refractivity contribution in [2.45, 2.75) is 12.8 Å². The summed E-state index contributed by atoms with van der Waals surface area (Å²) in [5, 5.41) is 13.1. The van der Waals surface area contributed by atoms with Crippen LogP contribution in [0.5, 0.6) is 0 Å². The molecule has 0 bridgehead atoms. The predicted octanol–water partition coefficient (Wildman–Crippen LogP) is 1.88. The molecule has 1 heterocycles. The van der Waals surface area contributed by atoms with Crippen molar-refractivity contribution in [2.24, 2.45) is 0 Å². The van der Waals surface area contributed by atoms with Gasteiger partial charge in [0.25, 0.3) is 0 Å². The molecular formula is C15H19ClN2O3. The number of aromatic nitrogens is 1. The highest BCUT2D eigenvalue weighted by Gasteiger charge is 2.08. The lowest BCUT2D eigenvalue weighted by Crippen LogP contribution is -2.26. The number of halogens is 1. The standard InChI is InChI=1S/C15H19ClN2O3/c16-12-2-3-13-11(10-18-14(13)9-12)8-15(20)17-4-1-6-21-7-5-19/h2-3,9-10,18-19H,1,4-8H2,(H,17,20). The van der Waals surface area contributed by atoms with Gasteiger partial charge in [-0.3, -0.25) is 4.79 Å². The number of aliphatic hydroxyl groups is 1. The Balaban J connectivity index is 1.79. The summed E-state index contributed by atoms with van der Waals surface area (Å²) in [6, 6.07) is 5.58. The number of carbonyl (C=O) groups is 1. The first-order chi connectivity index (χ1) is 10.2. The first-order valence-electron chi connectivity index (χ1n) is 6.91. The number of H-pyrrole nitrogens is 1. The van der Waals surface area contributed by atoms with Gasteiger partial charge in [0.15, 0.2) is 0 Å². The van der Waals surface area contributed by atoms with Gasteiger partial charge in [0.1, 0.15) is 0 Å². The van der Waals surface area contributed by atoms with Crippen LogP contribution in [0, 0.1) is 0 Å². The second kappa shape index (κ2) is 8.02. The Morgan fingerprint density at radius 3 is 3.05 bits per heavy atom. The van der Waals surface area contributed by atoms with E-state index in [1.807, 2.05) is 24.4 Å². The van der Waals surface area contributed by atoms with Gasteiger partial charge in [0.05, 0.1) is 19.6 Å². The average molecular weight is 311 g/mol. The first-order valence-corrected chi connectivity index (χ1v) is 7.29. The molecule has 0 saturated carbocycles. The van der Waals surface area contributed by atoms with Gasteiger partial charge in [-0.15, -0.1) is 0 Å². The third-order valence-electron chi connectivity index (χ3n) is 3.10. The van der Waals surface area contributed by atoms with Gasteiger partial charge in [-0.05, 0) is 24.1 Å². The maximum Gasteiger partial charge on any atom is 0.224 e. The smallest absolute Gasteiger partial charge is 0.224 e. The fraction of sp³-hybridized carbons (Fsp3) is 0.400. The number of amides is 1. The van der Waals surface area contributed by atoms with E-state index in [-0.39, 0.29) is 12.5 Å². The minimum Gasteiger partial charge on any atom is -0.394 e. The molecule has 0 spiro atoms. The Hall–Kier alpha value is -1.56. The lowest BCUT2D eigenvalue weighted by Gasteiger charge is -2.05. The fourth-order valence-corrected chi connectivity index (χ4v) is 2.28. The second-order valence-corrected chi connectivity index (χ2v) is 5.16. The number of fused-ring (bicyclic) bond motifs is 1. The monoisotopic (exact) mass is 310 g/mol. The number of hydrogen-bond acceptors (Lipinski definition) is 3. The third kappa shape index (κ3) is 4.74. The van der Waals surface area contributed by atoms with E-state index in [1.165, 1.54) is 0 Å². The number of rotatable bonds is 8. The van der Waals surface area contributed by atoms with Crippen molar-refractivity contribution in [2.75, 3.05) is 26.4 Å². The molecule has 0 aliphatic rings. The van der Waals surface area contributed by atoms with Gasteiger partial charge >= 0.3 is 0 Å². The zero-order valence-electron chi connectivity index (χ0n) is 11.7. The lowest BCUT2D eigenvalue weighted by molar-refractivity contribution is -0.120. The Labute approximate surface area is 128 Å². The highest BCUT2D eigenvalue weighted by atomic mass is 35.5. The summed E-state index contributed by atoms with van der Waals surface area (Å²) in [5.41, 5.74) is 1.89. The lowest BCUT2D eigenvalue weighted by atomic mass is 10.1. The second-order valence-electron chi connectivity index (χ2n) is 4.72. The molecular weight excluding hydrogens is 292 g/mol. The molecule has 6 heteroatoms. The van der Waals surface area contributed by atoms with Crippen molar-refractivity contribution in [3.8, 4) is 0 Å². The summed E-state index contributed by atoms with van der Waals surface area (Å²) < 4.78 is 5.12. The van der Waals surface area contributed by atoms with E-state index in [2.05, 4.69) is 10.3 Å². The van der Waals surface area contributed by atoms with Crippen molar-refractivity contribution >= 4 is 28.4 Å². The quantitative estimate of drug-likeness (QED) is 0.652. The van der Waals surface area contributed by atoms with Crippen LogP contribution in [0.1, 0.15) is 12.0 Å². The predicted molar refractivity (Wildman–Crippen MR) is 82.5 cm³/mol. The number of ether oxygens (including phenoxy) is 1. The molecule has 21 heavy (non-hydrogen) atoms. The number of hydrogen-bond donors (Lipinski definition) is 3. The third-order valence-corrected chi connectivity index (χ3v) is 3.34. The molecule has 0 radical (unpaired) electrons. The Morgan fingerprint density at radius 2 is 2.24 bits per heavy atom. The summed E-state index contributed by atoms with van der Waals surface area (Å²) in [5.74, 6) is -0.0204. The summed E-state index contributed by atoms with van der Waals surface area (Å²) in [7, 11) is 0. The summed E-state index contributed by atoms with van der Waals surface area (Å²) >= 11 is 5.93. The number of aromatic amines is 1. The fourth-order valence-electron chi connectivity index (χ4n) is 2.11. The zero-order valence-corrected chi connectivity index (χ0v) is 12.4. The number of carbonyl (C=O) groups excluding carboxylic acids is 1. The van der Waals surface area contributed by atoms with E-state index in [9.17, 15) is 4.79 Å². The molecule has 1 aromatic heterocycles. The minimum absolute atomic E-state index is 0.0204. The van der Waals surface area contributed by atoms with Crippen LogP contribution in [0.3, 0.4) is 0 Å². The van der Waals surface area contributed by atoms with Crippen LogP contribution in [-0.2, 0) is 16.0 Å². The molecule has 0 fully saturated rings. The molecule has 0 unspecified atom stereocenters. The van der Waals surface area contributed by atoms with E-state index >= 15 is 0 Å². The molecule has 1 aromatic carbocycles. The maximum atomic E-state index is 11.9. The molecule has 2 rings (SSSR count). The van der Waals surface area contributed by atoms with Gasteiger partial charge in [0.2, 0.25) is 5.91 Å². The Kier molecular flexibility index (Phi) is 6.04. The van der Waals surface area contributed by atoms with Crippen LogP contribution < -0.4 is 5.32 Å². The van der Waals surface area contributed by atoms with Gasteiger partial charge < -0.3 is 20.1 Å². The van der Waals surface area contributed by atoms with Crippen LogP contribution in [0.2, 0.25) is 5.02 Å². The molecule has 1 amide bonds. The van der Waals surface area contributed by atoms with Gasteiger partial charge in [-0.1, -0.05) is 17.7 Å². The molecule has 0 saturated heterocycles. The minimum atomic E-state index is -0.0204. The molecule has 3 N–H and O–H groups in total. The largest absolute Gasteiger partial charge is 0.394 e. The van der Waals surface area contributed by atoms with E-state index < -0.39 is 0 Å². The normalized spacial score (nSPS) is 11.0. The average Bonchev–Trinajstić information content (AvgIpc) is 2.85. The zero-order chi connectivity index (χ0) is 15.1. The summed E-state index contributed by atoms with van der Waals surface area (Å²) in [6.45, 7) is 1.47. The van der Waals surface area contributed by atoms with Crippen molar-refractivity contribution < 1.29 is 14.6 Å². The van der Waals surface area contributed by atoms with Crippen molar-refractivity contribution in [1.29, 1.82) is 0 Å². The van der Waals surface area contributed by atoms with Gasteiger partial charge in [0, 0.05) is 35.3 Å². The summed E-state index contributed by atoms with van der Waals surface area (Å²) in [6.07, 6.45) is 2.90. The highest BCUT2D eigenvalue weighted by molar-refractivity contribution is 6.31. The van der Waals surface area contributed by atoms with Gasteiger partial charge in [-0.2, -0.15) is 0 Å². The van der Waals surface area contributed by atoms with E-state index in [4.69, 9.17) is 21.4 Å². The Morgan fingerprint density at radius 1 is 1.38 bits per heavy atom. The molecule has 0 aliphatic carbocycles. The number of aliphatic hydroxyl groups excluding tert-OH is 1. The highest BCUT2D eigenvalue weighted by Crippen LogP contribution is 2.22. The van der Waals surface area contributed by atoms with Crippen molar-refractivity contribution in [3.05, 3.63) is 35.0 Å². The Bertz CT molecular complexity index is 598. The number of benzene rings is 1. The molecule has 5 nitrogen and oxygen atoms in total. The topological polar surface area (TPSA) is 74.4 Å². The number of nitrogens with one attached hydrogen (secondary N) is 2. The summed E-state index contributed by atoms with van der Waals surface area (Å²) in [4.78, 5) is 15.0. The molecule has 2 aromatic rings. The van der Waals surface area contributed by atoms with Crippen LogP contribution in [-0.4, -0.2) is 42.4 Å². The first kappa shape index (κ1) is 15.8. The SMILES string of the molecule is O=C(Cc1c[nH]c2cc(Cl)ccc12)NCCCOCCO. The van der Waals surface area contributed by atoms with Crippen LogP contribution >= 0.6 is 11.6 Å². The van der Waals surface area contributed by atoms with Crippen LogP contribution in [0.15, 0.2) is 24.4 Å².